The van der Waals surface area contributed by atoms with Crippen LogP contribution < -0.4 is 11.4 Å². The number of aliphatic hydroxyl groups is 2. The Morgan fingerprint density at radius 2 is 1.65 bits per heavy atom. The van der Waals surface area contributed by atoms with Gasteiger partial charge in [0.2, 0.25) is 0 Å². The number of phosphoric ester groups is 1. The van der Waals surface area contributed by atoms with E-state index in [4.69, 9.17) is 25.2 Å². The average molecular weight is 531 g/mol. The van der Waals surface area contributed by atoms with Crippen LogP contribution in [0.15, 0.2) is 17.1 Å². The van der Waals surface area contributed by atoms with Crippen LogP contribution in [-0.4, -0.2) is 123 Å². The summed E-state index contributed by atoms with van der Waals surface area (Å²) in [6.45, 7) is -1.02. The average Bonchev–Trinajstić information content (AvgIpc) is 2.78. The van der Waals surface area contributed by atoms with Gasteiger partial charge in [0.25, 0.3) is 0 Å². The molecule has 2 heterocycles. The zero-order valence-corrected chi connectivity index (χ0v) is 16.6. The van der Waals surface area contributed by atoms with Crippen molar-refractivity contribution in [1.29, 1.82) is 0 Å². The Labute approximate surface area is 217 Å². The molecule has 0 aromatic carbocycles. The number of nitrogens with two attached hydrogens (primary N) is 1. The second-order valence-electron chi connectivity index (χ2n) is 5.48. The van der Waals surface area contributed by atoms with Crippen molar-refractivity contribution in [2.24, 2.45) is 0 Å². The topological polar surface area (TPSA) is 270 Å². The number of hydrogen-bond acceptors (Lipinski definition) is 12. The van der Waals surface area contributed by atoms with Crippen LogP contribution in [-0.2, 0) is 31.6 Å². The first-order valence-electron chi connectivity index (χ1n) is 7.25. The minimum atomic E-state index is -5.71. The van der Waals surface area contributed by atoms with E-state index in [9.17, 15) is 33.6 Å². The van der Waals surface area contributed by atoms with Crippen LogP contribution in [0, 0.1) is 0 Å². The van der Waals surface area contributed by atoms with Gasteiger partial charge in [-0.3, -0.25) is 9.09 Å². The van der Waals surface area contributed by atoms with Crippen molar-refractivity contribution in [3.05, 3.63) is 22.7 Å². The second kappa shape index (κ2) is 12.1. The van der Waals surface area contributed by atoms with Crippen LogP contribution in [0.25, 0.3) is 0 Å². The van der Waals surface area contributed by atoms with Gasteiger partial charge in [0, 0.05) is 6.20 Å². The molecule has 170 valence electrons. The van der Waals surface area contributed by atoms with Gasteiger partial charge in [-0.25, -0.2) is 18.5 Å². The van der Waals surface area contributed by atoms with Crippen LogP contribution in [0.3, 0.4) is 0 Å². The molecule has 17 nitrogen and oxygen atoms in total. The number of nitrogens with zero attached hydrogens (tertiary/aromatic N) is 2. The van der Waals surface area contributed by atoms with Crippen LogP contribution in [0.5, 0.6) is 0 Å². The molecule has 1 aliphatic rings. The molecular formula is C9H18N3Na2O14P3. The summed E-state index contributed by atoms with van der Waals surface area (Å²) in [5, 5.41) is 20.0. The van der Waals surface area contributed by atoms with Gasteiger partial charge in [0.05, 0.1) is 6.61 Å². The van der Waals surface area contributed by atoms with Crippen LogP contribution in [0.1, 0.15) is 6.23 Å². The molecule has 2 rings (SSSR count). The zero-order chi connectivity index (χ0) is 22.2. The number of nitrogen functional groups attached to an aromatic ring is 1. The van der Waals surface area contributed by atoms with Crippen molar-refractivity contribution < 1.29 is 61.4 Å². The predicted molar refractivity (Wildman–Crippen MR) is 103 cm³/mol. The Hall–Kier alpha value is 0.970. The molecule has 1 fully saturated rings. The first-order chi connectivity index (χ1) is 13.1. The van der Waals surface area contributed by atoms with Gasteiger partial charge >= 0.3 is 88.3 Å². The van der Waals surface area contributed by atoms with E-state index >= 15 is 0 Å². The van der Waals surface area contributed by atoms with Gasteiger partial charge in [0.15, 0.2) is 6.23 Å². The summed E-state index contributed by atoms with van der Waals surface area (Å²) in [7, 11) is -16.7. The van der Waals surface area contributed by atoms with Crippen molar-refractivity contribution >= 4 is 88.4 Å². The molecule has 22 heteroatoms. The third kappa shape index (κ3) is 9.62. The van der Waals surface area contributed by atoms with E-state index in [1.165, 1.54) is 6.07 Å². The molecule has 2 unspecified atom stereocenters. The van der Waals surface area contributed by atoms with Gasteiger partial charge in [-0.15, -0.1) is 0 Å². The Kier molecular flexibility index (Phi) is 12.5. The molecule has 1 aromatic rings. The summed E-state index contributed by atoms with van der Waals surface area (Å²) in [4.78, 5) is 50.5. The zero-order valence-electron chi connectivity index (χ0n) is 13.9. The molecule has 0 saturated carbocycles. The van der Waals surface area contributed by atoms with Crippen molar-refractivity contribution in [3.8, 4) is 0 Å². The molecule has 0 radical (unpaired) electrons. The third-order valence-corrected chi connectivity index (χ3v) is 7.08. The quantitative estimate of drug-likeness (QED) is 0.127. The minimum absolute atomic E-state index is 0. The monoisotopic (exact) mass is 531 g/mol. The van der Waals surface area contributed by atoms with E-state index in [1.807, 2.05) is 0 Å². The molecule has 1 saturated heterocycles. The van der Waals surface area contributed by atoms with E-state index in [1.54, 1.807) is 0 Å². The van der Waals surface area contributed by atoms with Gasteiger partial charge < -0.3 is 40.3 Å². The summed E-state index contributed by atoms with van der Waals surface area (Å²) in [5.74, 6) is -0.122. The molecular weight excluding hydrogens is 513 g/mol. The standard InChI is InChI=1S/C9H16N3O14P3.2Na.2H/c10-5-1-2-12(9(15)11-5)8-7(14)6(13)4(24-8)3-23-28(19,20)26-29(21,22)25-27(16,17)18;;;;/h1-2,4,6-8,13-14H,3H2,(H,19,20)(H,21,22)(H2,10,11,15)(H2,16,17,18);;;;/t4-,6-,7-,8-;;;;/m1..../s1. The molecule has 6 atom stereocenters. The first kappa shape index (κ1) is 32.0. The number of rotatable bonds is 8. The normalized spacial score (nSPS) is 27.4. The van der Waals surface area contributed by atoms with E-state index in [2.05, 4.69) is 18.1 Å². The number of hydrogen-bond donors (Lipinski definition) is 7. The molecule has 31 heavy (non-hydrogen) atoms. The Morgan fingerprint density at radius 1 is 1.06 bits per heavy atom. The summed E-state index contributed by atoms with van der Waals surface area (Å²) in [5.41, 5.74) is 4.39. The Balaban J connectivity index is 0.00000450. The fourth-order valence-corrected chi connectivity index (χ4v) is 5.22. The van der Waals surface area contributed by atoms with Gasteiger partial charge in [-0.2, -0.15) is 13.6 Å². The van der Waals surface area contributed by atoms with Crippen molar-refractivity contribution in [1.82, 2.24) is 9.55 Å². The van der Waals surface area contributed by atoms with Crippen LogP contribution in [0.2, 0.25) is 0 Å². The van der Waals surface area contributed by atoms with Gasteiger partial charge in [0.1, 0.15) is 24.1 Å². The van der Waals surface area contributed by atoms with E-state index in [-0.39, 0.29) is 64.9 Å². The molecule has 1 aliphatic heterocycles. The first-order valence-corrected chi connectivity index (χ1v) is 11.8. The summed E-state index contributed by atoms with van der Waals surface area (Å²) in [6, 6.07) is 1.20. The third-order valence-electron chi connectivity index (χ3n) is 3.28. The number of aliphatic hydroxyl groups excluding tert-OH is 2. The van der Waals surface area contributed by atoms with Crippen LogP contribution in [0.4, 0.5) is 5.82 Å². The molecule has 0 amide bonds. The van der Waals surface area contributed by atoms with E-state index in [0.717, 1.165) is 10.8 Å². The number of phosphoric acid groups is 3. The maximum absolute atomic E-state index is 11.8. The van der Waals surface area contributed by atoms with E-state index < -0.39 is 60.3 Å². The van der Waals surface area contributed by atoms with Crippen molar-refractivity contribution in [2.75, 3.05) is 12.3 Å². The number of aromatic nitrogens is 2. The van der Waals surface area contributed by atoms with Gasteiger partial charge in [-0.1, -0.05) is 0 Å². The number of anilines is 1. The predicted octanol–water partition coefficient (Wildman–Crippen LogP) is -3.51. The van der Waals surface area contributed by atoms with Crippen LogP contribution >= 0.6 is 23.5 Å². The Morgan fingerprint density at radius 3 is 2.16 bits per heavy atom. The maximum atomic E-state index is 11.8. The Bertz CT molecular complexity index is 956. The van der Waals surface area contributed by atoms with E-state index in [0.29, 0.717) is 0 Å². The second-order valence-corrected chi connectivity index (χ2v) is 9.90. The SMILES string of the molecule is Nc1ccn([C@@H]2O[C@H](COP(=O)(O)OP(=O)(O)OP(=O)(O)O)[C@@H](O)[C@H]2O)c(=O)n1.[NaH].[NaH]. The van der Waals surface area contributed by atoms with Crippen molar-refractivity contribution in [2.45, 2.75) is 24.5 Å². The fraction of sp³-hybridized carbons (Fsp3) is 0.556. The van der Waals surface area contributed by atoms with Crippen molar-refractivity contribution in [3.63, 3.8) is 0 Å². The fourth-order valence-electron chi connectivity index (χ4n) is 2.19. The number of ether oxygens (including phenoxy) is 1. The summed E-state index contributed by atoms with van der Waals surface area (Å²) < 4.78 is 50.8. The molecule has 0 spiro atoms. The molecule has 0 bridgehead atoms. The molecule has 1 aromatic heterocycles. The molecule has 8 N–H and O–H groups in total. The summed E-state index contributed by atoms with van der Waals surface area (Å²) in [6.07, 6.45) is -5.38. The molecule has 0 aliphatic carbocycles. The summed E-state index contributed by atoms with van der Waals surface area (Å²) >= 11 is 0. The van der Waals surface area contributed by atoms with Gasteiger partial charge in [-0.05, 0) is 6.07 Å².